The van der Waals surface area contributed by atoms with Crippen LogP contribution in [-0.2, 0) is 4.79 Å². The molecule has 2 aromatic rings. The first kappa shape index (κ1) is 18.8. The highest BCUT2D eigenvalue weighted by atomic mass is 16.3. The molecule has 1 saturated carbocycles. The SMILES string of the molecule is Cc1ccc(C(=O)N2CC(C)CC(C)C2)cc1NC(=O)C1CC1c1ccco1. The second kappa shape index (κ2) is 7.46. The molecule has 2 amide bonds. The Morgan fingerprint density at radius 3 is 2.54 bits per heavy atom. The van der Waals surface area contributed by atoms with Crippen LogP contribution in [0.2, 0.25) is 0 Å². The molecule has 4 atom stereocenters. The van der Waals surface area contributed by atoms with Gasteiger partial charge < -0.3 is 14.6 Å². The molecule has 28 heavy (non-hydrogen) atoms. The van der Waals surface area contributed by atoms with Crippen LogP contribution in [0.1, 0.15) is 54.3 Å². The number of hydrogen-bond donors (Lipinski definition) is 1. The fourth-order valence-corrected chi connectivity index (χ4v) is 4.43. The zero-order valence-corrected chi connectivity index (χ0v) is 16.8. The first-order valence-corrected chi connectivity index (χ1v) is 10.2. The third-order valence-corrected chi connectivity index (χ3v) is 5.93. The molecule has 1 aliphatic carbocycles. The van der Waals surface area contributed by atoms with Crippen LogP contribution in [0.25, 0.3) is 0 Å². The minimum Gasteiger partial charge on any atom is -0.469 e. The summed E-state index contributed by atoms with van der Waals surface area (Å²) in [4.78, 5) is 27.6. The minimum atomic E-state index is -0.0614. The van der Waals surface area contributed by atoms with Crippen LogP contribution in [0.5, 0.6) is 0 Å². The standard InChI is InChI=1S/C23H28N2O3/c1-14-9-15(2)13-25(12-14)23(27)17-7-6-16(3)20(10-17)24-22(26)19-11-18(19)21-5-4-8-28-21/h4-8,10,14-15,18-19H,9,11-13H2,1-3H3,(H,24,26). The van der Waals surface area contributed by atoms with Crippen LogP contribution in [0, 0.1) is 24.7 Å². The molecule has 148 valence electrons. The molecule has 0 radical (unpaired) electrons. The Hall–Kier alpha value is -2.56. The monoisotopic (exact) mass is 380 g/mol. The Kier molecular flexibility index (Phi) is 5.00. The predicted molar refractivity (Wildman–Crippen MR) is 108 cm³/mol. The number of hydrogen-bond acceptors (Lipinski definition) is 3. The van der Waals surface area contributed by atoms with E-state index in [1.807, 2.05) is 42.2 Å². The van der Waals surface area contributed by atoms with Crippen LogP contribution in [-0.4, -0.2) is 29.8 Å². The molecule has 4 rings (SSSR count). The maximum Gasteiger partial charge on any atom is 0.253 e. The number of carbonyl (C=O) groups is 2. The summed E-state index contributed by atoms with van der Waals surface area (Å²) in [7, 11) is 0. The zero-order valence-electron chi connectivity index (χ0n) is 16.8. The number of anilines is 1. The van der Waals surface area contributed by atoms with Gasteiger partial charge in [0.25, 0.3) is 5.91 Å². The molecule has 1 aliphatic heterocycles. The number of benzene rings is 1. The Balaban J connectivity index is 1.45. The van der Waals surface area contributed by atoms with Gasteiger partial charge in [-0.15, -0.1) is 0 Å². The number of aryl methyl sites for hydroxylation is 1. The second-order valence-corrected chi connectivity index (χ2v) is 8.64. The Morgan fingerprint density at radius 2 is 1.86 bits per heavy atom. The third kappa shape index (κ3) is 3.84. The van der Waals surface area contributed by atoms with E-state index in [2.05, 4.69) is 19.2 Å². The molecular weight excluding hydrogens is 352 g/mol. The molecular formula is C23H28N2O3. The van der Waals surface area contributed by atoms with Gasteiger partial charge in [-0.1, -0.05) is 19.9 Å². The topological polar surface area (TPSA) is 62.6 Å². The van der Waals surface area contributed by atoms with Crippen molar-refractivity contribution in [3.8, 4) is 0 Å². The fraction of sp³-hybridized carbons (Fsp3) is 0.478. The molecule has 2 heterocycles. The first-order valence-electron chi connectivity index (χ1n) is 10.2. The van der Waals surface area contributed by atoms with Crippen molar-refractivity contribution in [2.24, 2.45) is 17.8 Å². The summed E-state index contributed by atoms with van der Waals surface area (Å²) < 4.78 is 5.42. The molecule has 5 heteroatoms. The molecule has 1 N–H and O–H groups in total. The Labute approximate surface area is 166 Å². The summed E-state index contributed by atoms with van der Waals surface area (Å²) in [5.41, 5.74) is 2.32. The molecule has 4 unspecified atom stereocenters. The normalized spacial score (nSPS) is 26.8. The summed E-state index contributed by atoms with van der Waals surface area (Å²) in [6.45, 7) is 7.94. The van der Waals surface area contributed by atoms with E-state index < -0.39 is 0 Å². The first-order chi connectivity index (χ1) is 13.4. The quantitative estimate of drug-likeness (QED) is 0.852. The lowest BCUT2D eigenvalue weighted by molar-refractivity contribution is -0.117. The summed E-state index contributed by atoms with van der Waals surface area (Å²) >= 11 is 0. The predicted octanol–water partition coefficient (Wildman–Crippen LogP) is 4.45. The average Bonchev–Trinajstić information content (AvgIpc) is 3.27. The van der Waals surface area contributed by atoms with Gasteiger partial charge in [0.1, 0.15) is 5.76 Å². The van der Waals surface area contributed by atoms with Gasteiger partial charge >= 0.3 is 0 Å². The van der Waals surface area contributed by atoms with Crippen LogP contribution < -0.4 is 5.32 Å². The van der Waals surface area contributed by atoms with E-state index in [1.165, 1.54) is 0 Å². The molecule has 2 aliphatic rings. The van der Waals surface area contributed by atoms with Crippen LogP contribution in [0.3, 0.4) is 0 Å². The molecule has 1 aromatic heterocycles. The van der Waals surface area contributed by atoms with Crippen molar-refractivity contribution in [2.75, 3.05) is 18.4 Å². The zero-order chi connectivity index (χ0) is 19.8. The van der Waals surface area contributed by atoms with Crippen molar-refractivity contribution in [3.63, 3.8) is 0 Å². The smallest absolute Gasteiger partial charge is 0.253 e. The maximum atomic E-state index is 13.0. The van der Waals surface area contributed by atoms with E-state index in [4.69, 9.17) is 4.42 Å². The van der Waals surface area contributed by atoms with Gasteiger partial charge in [0.2, 0.25) is 5.91 Å². The van der Waals surface area contributed by atoms with Crippen molar-refractivity contribution in [2.45, 2.75) is 39.5 Å². The van der Waals surface area contributed by atoms with Gasteiger partial charge in [-0.05, 0) is 61.4 Å². The number of furan rings is 1. The lowest BCUT2D eigenvalue weighted by Gasteiger charge is -2.35. The number of rotatable bonds is 4. The van der Waals surface area contributed by atoms with Crippen LogP contribution in [0.4, 0.5) is 5.69 Å². The van der Waals surface area contributed by atoms with Crippen molar-refractivity contribution in [3.05, 3.63) is 53.5 Å². The van der Waals surface area contributed by atoms with Crippen LogP contribution in [0.15, 0.2) is 41.0 Å². The van der Waals surface area contributed by atoms with Gasteiger partial charge in [0.05, 0.1) is 6.26 Å². The molecule has 1 saturated heterocycles. The minimum absolute atomic E-state index is 0.00526. The van der Waals surface area contributed by atoms with E-state index >= 15 is 0 Å². The van der Waals surface area contributed by atoms with Gasteiger partial charge in [-0.25, -0.2) is 0 Å². The second-order valence-electron chi connectivity index (χ2n) is 8.64. The van der Waals surface area contributed by atoms with E-state index in [-0.39, 0.29) is 23.7 Å². The number of piperidine rings is 1. The lowest BCUT2D eigenvalue weighted by Crippen LogP contribution is -2.42. The fourth-order valence-electron chi connectivity index (χ4n) is 4.43. The van der Waals surface area contributed by atoms with E-state index in [0.717, 1.165) is 42.9 Å². The summed E-state index contributed by atoms with van der Waals surface area (Å²) in [6.07, 6.45) is 3.61. The van der Waals surface area contributed by atoms with E-state index in [9.17, 15) is 9.59 Å². The number of likely N-dealkylation sites (tertiary alicyclic amines) is 1. The molecule has 5 nitrogen and oxygen atoms in total. The van der Waals surface area contributed by atoms with Crippen molar-refractivity contribution >= 4 is 17.5 Å². The summed E-state index contributed by atoms with van der Waals surface area (Å²) in [5, 5.41) is 3.03. The van der Waals surface area contributed by atoms with E-state index in [0.29, 0.717) is 17.4 Å². The summed E-state index contributed by atoms with van der Waals surface area (Å²) in [5.74, 6) is 2.05. The molecule has 0 spiro atoms. The maximum absolute atomic E-state index is 13.0. The van der Waals surface area contributed by atoms with Crippen LogP contribution >= 0.6 is 0 Å². The largest absolute Gasteiger partial charge is 0.469 e. The highest BCUT2D eigenvalue weighted by Crippen LogP contribution is 2.48. The Bertz CT molecular complexity index is 864. The van der Waals surface area contributed by atoms with E-state index in [1.54, 1.807) is 6.26 Å². The highest BCUT2D eigenvalue weighted by molar-refractivity contribution is 5.99. The molecule has 1 aromatic carbocycles. The highest BCUT2D eigenvalue weighted by Gasteiger charge is 2.45. The van der Waals surface area contributed by atoms with Gasteiger partial charge in [0, 0.05) is 36.2 Å². The molecule has 0 bridgehead atoms. The Morgan fingerprint density at radius 1 is 1.11 bits per heavy atom. The van der Waals surface area contributed by atoms with Crippen molar-refractivity contribution in [1.29, 1.82) is 0 Å². The van der Waals surface area contributed by atoms with Gasteiger partial charge in [0.15, 0.2) is 0 Å². The third-order valence-electron chi connectivity index (χ3n) is 5.93. The lowest BCUT2D eigenvalue weighted by atomic mass is 9.91. The number of amides is 2. The van der Waals surface area contributed by atoms with Gasteiger partial charge in [-0.3, -0.25) is 9.59 Å². The summed E-state index contributed by atoms with van der Waals surface area (Å²) in [6, 6.07) is 9.37. The van der Waals surface area contributed by atoms with Crippen molar-refractivity contribution in [1.82, 2.24) is 4.90 Å². The van der Waals surface area contributed by atoms with Gasteiger partial charge in [-0.2, -0.15) is 0 Å². The number of nitrogens with one attached hydrogen (secondary N) is 1. The average molecular weight is 380 g/mol. The number of carbonyl (C=O) groups excluding carboxylic acids is 2. The molecule has 2 fully saturated rings. The number of nitrogens with zero attached hydrogens (tertiary/aromatic N) is 1. The van der Waals surface area contributed by atoms with Crippen molar-refractivity contribution < 1.29 is 14.0 Å².